The Hall–Kier alpha value is -1.36. The van der Waals surface area contributed by atoms with Gasteiger partial charge >= 0.3 is 0 Å². The maximum absolute atomic E-state index is 5.58. The average molecular weight is 273 g/mol. The monoisotopic (exact) mass is 273 g/mol. The van der Waals surface area contributed by atoms with Gasteiger partial charge in [-0.05, 0) is 48.9 Å². The maximum atomic E-state index is 5.58. The van der Waals surface area contributed by atoms with Gasteiger partial charge in [0.1, 0.15) is 18.0 Å². The summed E-state index contributed by atoms with van der Waals surface area (Å²) in [5, 5.41) is 3.70. The zero-order valence-corrected chi connectivity index (χ0v) is 12.1. The van der Waals surface area contributed by atoms with Gasteiger partial charge in [0, 0.05) is 11.6 Å². The first kappa shape index (κ1) is 12.4. The van der Waals surface area contributed by atoms with E-state index >= 15 is 0 Å². The van der Waals surface area contributed by atoms with Gasteiger partial charge < -0.3 is 10.7 Å². The van der Waals surface area contributed by atoms with E-state index in [0.29, 0.717) is 12.0 Å². The molecule has 0 aromatic carbocycles. The first-order valence-electron chi connectivity index (χ1n) is 7.78. The van der Waals surface area contributed by atoms with Crippen LogP contribution in [0.5, 0.6) is 0 Å². The van der Waals surface area contributed by atoms with Crippen molar-refractivity contribution in [1.82, 2.24) is 9.97 Å². The Kier molecular flexibility index (Phi) is 2.67. The van der Waals surface area contributed by atoms with Crippen LogP contribution in [-0.4, -0.2) is 16.0 Å². The lowest BCUT2D eigenvalue weighted by Crippen LogP contribution is -2.18. The third-order valence-electron chi connectivity index (χ3n) is 5.64. The number of hydrazine groups is 1. The molecule has 5 nitrogen and oxygen atoms in total. The number of aromatic nitrogens is 2. The fraction of sp³-hybridized carbons (Fsp3) is 0.733. The van der Waals surface area contributed by atoms with Crippen LogP contribution in [0.1, 0.15) is 44.6 Å². The SMILES string of the molecule is CC(C)c1c(NN)ncnc1NC1C2C3CCC(C3)C12. The fourth-order valence-corrected chi connectivity index (χ4v) is 4.85. The van der Waals surface area contributed by atoms with E-state index in [2.05, 4.69) is 34.6 Å². The molecule has 0 aliphatic heterocycles. The Balaban J connectivity index is 1.58. The van der Waals surface area contributed by atoms with E-state index in [1.165, 1.54) is 19.3 Å². The molecule has 1 aromatic heterocycles. The van der Waals surface area contributed by atoms with Crippen molar-refractivity contribution >= 4 is 11.6 Å². The molecule has 0 saturated heterocycles. The summed E-state index contributed by atoms with van der Waals surface area (Å²) < 4.78 is 0. The molecule has 4 unspecified atom stereocenters. The van der Waals surface area contributed by atoms with Crippen molar-refractivity contribution in [3.05, 3.63) is 11.9 Å². The summed E-state index contributed by atoms with van der Waals surface area (Å²) in [5.74, 6) is 11.4. The van der Waals surface area contributed by atoms with Crippen LogP contribution >= 0.6 is 0 Å². The number of hydrogen-bond acceptors (Lipinski definition) is 5. The van der Waals surface area contributed by atoms with Crippen molar-refractivity contribution in [2.75, 3.05) is 10.7 Å². The molecule has 4 rings (SSSR count). The first-order valence-corrected chi connectivity index (χ1v) is 7.78. The number of nitrogens with two attached hydrogens (primary N) is 1. The van der Waals surface area contributed by atoms with Crippen LogP contribution < -0.4 is 16.6 Å². The summed E-state index contributed by atoms with van der Waals surface area (Å²) in [4.78, 5) is 8.70. The van der Waals surface area contributed by atoms with Gasteiger partial charge in [-0.2, -0.15) is 0 Å². The Bertz CT molecular complexity index is 513. The molecule has 3 saturated carbocycles. The highest BCUT2D eigenvalue weighted by Gasteiger charge is 2.65. The van der Waals surface area contributed by atoms with Crippen LogP contribution in [0.15, 0.2) is 6.33 Å². The summed E-state index contributed by atoms with van der Waals surface area (Å²) in [6, 6.07) is 0.638. The largest absolute Gasteiger partial charge is 0.366 e. The zero-order valence-electron chi connectivity index (χ0n) is 12.1. The minimum Gasteiger partial charge on any atom is -0.366 e. The summed E-state index contributed by atoms with van der Waals surface area (Å²) in [7, 11) is 0. The lowest BCUT2D eigenvalue weighted by molar-refractivity contribution is 0.456. The number of nitrogens with zero attached hydrogens (tertiary/aromatic N) is 2. The highest BCUT2D eigenvalue weighted by molar-refractivity contribution is 5.59. The molecule has 20 heavy (non-hydrogen) atoms. The molecule has 1 aromatic rings. The minimum atomic E-state index is 0.347. The highest BCUT2D eigenvalue weighted by Crippen LogP contribution is 2.66. The first-order chi connectivity index (χ1) is 9.70. The Morgan fingerprint density at radius 3 is 2.40 bits per heavy atom. The minimum absolute atomic E-state index is 0.347. The predicted molar refractivity (Wildman–Crippen MR) is 79.2 cm³/mol. The van der Waals surface area contributed by atoms with Crippen LogP contribution in [0.2, 0.25) is 0 Å². The van der Waals surface area contributed by atoms with E-state index < -0.39 is 0 Å². The number of rotatable bonds is 4. The second-order valence-electron chi connectivity index (χ2n) is 6.94. The van der Waals surface area contributed by atoms with Crippen molar-refractivity contribution in [1.29, 1.82) is 0 Å². The summed E-state index contributed by atoms with van der Waals surface area (Å²) in [6.07, 6.45) is 5.96. The van der Waals surface area contributed by atoms with Gasteiger partial charge in [-0.1, -0.05) is 13.8 Å². The van der Waals surface area contributed by atoms with Gasteiger partial charge in [-0.25, -0.2) is 15.8 Å². The molecule has 108 valence electrons. The third-order valence-corrected chi connectivity index (χ3v) is 5.64. The van der Waals surface area contributed by atoms with E-state index in [9.17, 15) is 0 Å². The Labute approximate surface area is 119 Å². The van der Waals surface area contributed by atoms with E-state index in [4.69, 9.17) is 5.84 Å². The molecule has 3 fully saturated rings. The molecule has 3 aliphatic rings. The molecular formula is C15H23N5. The lowest BCUT2D eigenvalue weighted by Gasteiger charge is -2.18. The van der Waals surface area contributed by atoms with Crippen LogP contribution in [0, 0.1) is 23.7 Å². The van der Waals surface area contributed by atoms with E-state index in [0.717, 1.165) is 40.9 Å². The van der Waals surface area contributed by atoms with E-state index in [1.54, 1.807) is 6.33 Å². The summed E-state index contributed by atoms with van der Waals surface area (Å²) in [5.41, 5.74) is 3.80. The predicted octanol–water partition coefficient (Wildman–Crippen LogP) is 2.34. The van der Waals surface area contributed by atoms with E-state index in [1.807, 2.05) is 0 Å². The normalized spacial score (nSPS) is 37.1. The lowest BCUT2D eigenvalue weighted by atomic mass is 10.0. The molecule has 0 amide bonds. The number of fused-ring (bicyclic) bond motifs is 5. The van der Waals surface area contributed by atoms with Crippen molar-refractivity contribution in [2.24, 2.45) is 29.5 Å². The Morgan fingerprint density at radius 2 is 1.80 bits per heavy atom. The molecule has 5 heteroatoms. The molecular weight excluding hydrogens is 250 g/mol. The molecule has 1 heterocycles. The van der Waals surface area contributed by atoms with Gasteiger partial charge in [-0.3, -0.25) is 0 Å². The summed E-state index contributed by atoms with van der Waals surface area (Å²) >= 11 is 0. The second kappa shape index (κ2) is 4.32. The smallest absolute Gasteiger partial charge is 0.148 e. The molecule has 4 N–H and O–H groups in total. The summed E-state index contributed by atoms with van der Waals surface area (Å²) in [6.45, 7) is 4.31. The number of nitrogen functional groups attached to an aromatic ring is 1. The quantitative estimate of drug-likeness (QED) is 0.580. The van der Waals surface area contributed by atoms with Crippen LogP contribution in [-0.2, 0) is 0 Å². The maximum Gasteiger partial charge on any atom is 0.148 e. The highest BCUT2D eigenvalue weighted by atomic mass is 15.3. The van der Waals surface area contributed by atoms with E-state index in [-0.39, 0.29) is 0 Å². The van der Waals surface area contributed by atoms with Gasteiger partial charge in [0.05, 0.1) is 0 Å². The van der Waals surface area contributed by atoms with Crippen molar-refractivity contribution in [2.45, 2.75) is 45.1 Å². The van der Waals surface area contributed by atoms with Crippen molar-refractivity contribution in [3.8, 4) is 0 Å². The second-order valence-corrected chi connectivity index (χ2v) is 6.94. The van der Waals surface area contributed by atoms with Crippen LogP contribution in [0.4, 0.5) is 11.6 Å². The van der Waals surface area contributed by atoms with Crippen LogP contribution in [0.3, 0.4) is 0 Å². The van der Waals surface area contributed by atoms with Crippen molar-refractivity contribution < 1.29 is 0 Å². The number of anilines is 2. The van der Waals surface area contributed by atoms with Gasteiger partial charge in [0.25, 0.3) is 0 Å². The number of hydrogen-bond donors (Lipinski definition) is 3. The molecule has 3 aliphatic carbocycles. The van der Waals surface area contributed by atoms with Gasteiger partial charge in [0.2, 0.25) is 0 Å². The number of nitrogens with one attached hydrogen (secondary N) is 2. The van der Waals surface area contributed by atoms with Gasteiger partial charge in [0.15, 0.2) is 0 Å². The Morgan fingerprint density at radius 1 is 1.15 bits per heavy atom. The third kappa shape index (κ3) is 1.65. The topological polar surface area (TPSA) is 75.9 Å². The molecule has 2 bridgehead atoms. The molecule has 4 atom stereocenters. The van der Waals surface area contributed by atoms with Gasteiger partial charge in [-0.15, -0.1) is 0 Å². The fourth-order valence-electron chi connectivity index (χ4n) is 4.85. The zero-order chi connectivity index (χ0) is 13.9. The van der Waals surface area contributed by atoms with Crippen molar-refractivity contribution in [3.63, 3.8) is 0 Å². The molecule has 0 radical (unpaired) electrons. The standard InChI is InChI=1S/C15H23N5/c1-7(2)10-14(17-6-18-15(10)20-16)19-13-11-8-3-4-9(5-8)12(11)13/h6-9,11-13H,3-5,16H2,1-2H3,(H2,17,18,19,20). The van der Waals surface area contributed by atoms with Crippen LogP contribution in [0.25, 0.3) is 0 Å². The molecule has 0 spiro atoms. The average Bonchev–Trinajstić information content (AvgIpc) is 2.84.